The number of carbonyl (C=O) groups excluding carboxylic acids is 6. The van der Waals surface area contributed by atoms with Crippen molar-refractivity contribution in [1.29, 1.82) is 0 Å². The van der Waals surface area contributed by atoms with Crippen molar-refractivity contribution in [3.63, 3.8) is 0 Å². The number of phosphoric ester groups is 1. The molecule has 6 amide bonds. The molecule has 0 aromatic carbocycles. The van der Waals surface area contributed by atoms with Gasteiger partial charge in [-0.1, -0.05) is 12.8 Å². The first-order valence-electron chi connectivity index (χ1n) is 30.8. The fourth-order valence-electron chi connectivity index (χ4n) is 9.71. The Bertz CT molecular complexity index is 2120. The summed E-state index contributed by atoms with van der Waals surface area (Å²) in [7, 11) is -4.52. The van der Waals surface area contributed by atoms with Crippen molar-refractivity contribution in [2.75, 3.05) is 145 Å². The largest absolute Gasteiger partial charge is 0.756 e. The molecule has 3 aliphatic heterocycles. The summed E-state index contributed by atoms with van der Waals surface area (Å²) >= 11 is 0. The quantitative estimate of drug-likeness (QED) is 0.0199. The SMILES string of the molecule is CC(=O)NC1C(OCCOCCNC(=O)CN(CCCCCCOP(=O)([O-])OC(C)(C)C)CCCN(CC(=O)NCCOCCOC2OC(CO)C(O)C(O)C2NC(C)=O)CC(=O)NCCOCCOC2OC(CO)C(O)C(O)C2NC(C)=O)OC(CO)C(O)C1O. The monoisotopic (exact) mass is 1350 g/mol. The maximum absolute atomic E-state index is 13.4. The molecule has 16 atom stereocenters. The number of hydrogen-bond donors (Lipinski definition) is 15. The molecule has 3 saturated heterocycles. The van der Waals surface area contributed by atoms with E-state index in [1.165, 1.54) is 20.8 Å². The highest BCUT2D eigenvalue weighted by Gasteiger charge is 2.48. The number of ether oxygens (including phenoxy) is 9. The number of phosphoric acid groups is 1. The molecule has 0 radical (unpaired) electrons. The molecule has 0 aliphatic carbocycles. The summed E-state index contributed by atoms with van der Waals surface area (Å²) in [5.74, 6) is -2.85. The fourth-order valence-corrected chi connectivity index (χ4v) is 10.8. The van der Waals surface area contributed by atoms with Crippen molar-refractivity contribution >= 4 is 43.3 Å². The second kappa shape index (κ2) is 44.1. The number of nitrogens with zero attached hydrogens (tertiary/aromatic N) is 2. The Balaban J connectivity index is 1.60. The predicted octanol–water partition coefficient (Wildman–Crippen LogP) is -7.88. The van der Waals surface area contributed by atoms with Gasteiger partial charge in [-0.2, -0.15) is 0 Å². The minimum absolute atomic E-state index is 0.000801. The predicted molar refractivity (Wildman–Crippen MR) is 316 cm³/mol. The summed E-state index contributed by atoms with van der Waals surface area (Å²) < 4.78 is 72.7. The summed E-state index contributed by atoms with van der Waals surface area (Å²) in [6.07, 6.45) is -13.6. The van der Waals surface area contributed by atoms with Crippen molar-refractivity contribution in [2.24, 2.45) is 0 Å². The van der Waals surface area contributed by atoms with Crippen LogP contribution in [0.15, 0.2) is 0 Å². The van der Waals surface area contributed by atoms with Gasteiger partial charge in [0, 0.05) is 47.0 Å². The van der Waals surface area contributed by atoms with Crippen LogP contribution in [0.25, 0.3) is 0 Å². The van der Waals surface area contributed by atoms with Crippen LogP contribution in [0.4, 0.5) is 0 Å². The van der Waals surface area contributed by atoms with Crippen molar-refractivity contribution in [1.82, 2.24) is 41.7 Å². The van der Waals surface area contributed by atoms with Crippen LogP contribution in [0.5, 0.6) is 0 Å². The normalized spacial score (nSPS) is 27.5. The zero-order valence-corrected chi connectivity index (χ0v) is 54.3. The van der Waals surface area contributed by atoms with Gasteiger partial charge >= 0.3 is 0 Å². The van der Waals surface area contributed by atoms with Gasteiger partial charge in [0.1, 0.15) is 73.1 Å². The molecule has 16 unspecified atom stereocenters. The van der Waals surface area contributed by atoms with Gasteiger partial charge in [0.2, 0.25) is 35.4 Å². The number of nitrogens with one attached hydrogen (secondary N) is 6. The smallest absolute Gasteiger partial charge is 0.268 e. The Morgan fingerprint density at radius 3 is 1.12 bits per heavy atom. The standard InChI is InChI=1S/C55H103N8O28P/c1-34(67)59-43-49(76)46(73)37(31-64)88-52(43)84-25-22-81-19-12-56-40(70)28-62(15-9-7-8-10-18-87-92(79,80)91-55(4,5)6)16-11-17-63(29-41(71)57-13-20-82-23-26-85-53-44(60-35(2)68)50(77)47(74)38(32-65)89-53)30-42(72)58-14-21-83-24-27-86-54-45(61-36(3)69)51(78)48(75)39(33-66)90-54/h37-39,43-54,64-66,73-78H,7-33H2,1-6H3,(H,56,70)(H,57,71)(H,58,72)(H,59,67)(H,60,68)(H,61,69)(H,79,80)/p-1. The Labute approximate surface area is 535 Å². The summed E-state index contributed by atoms with van der Waals surface area (Å²) in [6.45, 7) is 6.67. The molecular formula is C55H102N8O28P-. The number of aliphatic hydroxyl groups excluding tert-OH is 9. The third kappa shape index (κ3) is 32.2. The molecule has 37 heteroatoms. The summed E-state index contributed by atoms with van der Waals surface area (Å²) in [5, 5.41) is 107. The molecule has 36 nitrogen and oxygen atoms in total. The Morgan fingerprint density at radius 1 is 0.457 bits per heavy atom. The van der Waals surface area contributed by atoms with E-state index in [4.69, 9.17) is 51.7 Å². The number of aliphatic hydroxyl groups is 9. The van der Waals surface area contributed by atoms with Crippen LogP contribution >= 0.6 is 7.82 Å². The van der Waals surface area contributed by atoms with E-state index in [-0.39, 0.29) is 118 Å². The maximum atomic E-state index is 13.4. The molecular weight excluding hydrogens is 1250 g/mol. The van der Waals surface area contributed by atoms with Crippen molar-refractivity contribution in [3.05, 3.63) is 0 Å². The first kappa shape index (κ1) is 82.4. The van der Waals surface area contributed by atoms with E-state index >= 15 is 0 Å². The Morgan fingerprint density at radius 2 is 0.783 bits per heavy atom. The van der Waals surface area contributed by atoms with Crippen molar-refractivity contribution in [3.8, 4) is 0 Å². The number of carbonyl (C=O) groups is 6. The summed E-state index contributed by atoms with van der Waals surface area (Å²) in [5.41, 5.74) is -0.964. The Kier molecular flexibility index (Phi) is 39.4. The number of hydrogen-bond acceptors (Lipinski definition) is 30. The third-order valence-electron chi connectivity index (χ3n) is 14.0. The zero-order valence-electron chi connectivity index (χ0n) is 53.4. The van der Waals surface area contributed by atoms with E-state index in [0.29, 0.717) is 45.2 Å². The molecule has 0 saturated carbocycles. The van der Waals surface area contributed by atoms with E-state index in [9.17, 15) is 84.2 Å². The van der Waals surface area contributed by atoms with E-state index in [1.807, 2.05) is 4.90 Å². The van der Waals surface area contributed by atoms with Gasteiger partial charge < -0.3 is 134 Å². The summed E-state index contributed by atoms with van der Waals surface area (Å²) in [6, 6.07) is -3.44. The topological polar surface area (TPSA) is 505 Å². The minimum atomic E-state index is -4.52. The van der Waals surface area contributed by atoms with Gasteiger partial charge in [-0.05, 0) is 53.1 Å². The number of rotatable bonds is 46. The first-order chi connectivity index (χ1) is 43.6. The van der Waals surface area contributed by atoms with Crippen molar-refractivity contribution in [2.45, 2.75) is 171 Å². The summed E-state index contributed by atoms with van der Waals surface area (Å²) in [4.78, 5) is 91.2. The van der Waals surface area contributed by atoms with E-state index in [0.717, 1.165) is 0 Å². The molecule has 0 aromatic heterocycles. The van der Waals surface area contributed by atoms with Gasteiger partial charge in [-0.25, -0.2) is 0 Å². The fraction of sp³-hybridized carbons (Fsp3) is 0.891. The Hall–Kier alpha value is -3.87. The molecule has 0 spiro atoms. The zero-order chi connectivity index (χ0) is 68.4. The van der Waals surface area contributed by atoms with Crippen LogP contribution in [0, 0.1) is 0 Å². The average molecular weight is 1350 g/mol. The third-order valence-corrected chi connectivity index (χ3v) is 15.3. The minimum Gasteiger partial charge on any atom is -0.756 e. The van der Waals surface area contributed by atoms with Gasteiger partial charge in [0.25, 0.3) is 7.82 Å². The molecule has 15 N–H and O–H groups in total. The van der Waals surface area contributed by atoms with E-state index in [2.05, 4.69) is 31.9 Å². The van der Waals surface area contributed by atoms with Crippen LogP contribution in [0.3, 0.4) is 0 Å². The maximum Gasteiger partial charge on any atom is 0.268 e. The second-order valence-corrected chi connectivity index (χ2v) is 24.4. The molecule has 92 heavy (non-hydrogen) atoms. The lowest BCUT2D eigenvalue weighted by Crippen LogP contribution is -2.64. The van der Waals surface area contributed by atoms with Gasteiger partial charge in [-0.15, -0.1) is 0 Å². The van der Waals surface area contributed by atoms with Gasteiger partial charge in [-0.3, -0.25) is 43.1 Å². The lowest BCUT2D eigenvalue weighted by molar-refractivity contribution is -0.272. The number of amides is 6. The van der Waals surface area contributed by atoms with Crippen LogP contribution in [-0.2, 0) is 85.0 Å². The van der Waals surface area contributed by atoms with E-state index < -0.39 is 155 Å². The molecule has 0 bridgehead atoms. The van der Waals surface area contributed by atoms with E-state index in [1.54, 1.807) is 25.7 Å². The highest BCUT2D eigenvalue weighted by Crippen LogP contribution is 2.43. The van der Waals surface area contributed by atoms with Crippen LogP contribution in [-0.4, -0.2) is 334 Å². The highest BCUT2D eigenvalue weighted by molar-refractivity contribution is 7.45. The highest BCUT2D eigenvalue weighted by atomic mass is 31.2. The lowest BCUT2D eigenvalue weighted by atomic mass is 9.97. The van der Waals surface area contributed by atoms with Gasteiger partial charge in [0.05, 0.1) is 111 Å². The van der Waals surface area contributed by atoms with Crippen LogP contribution in [0.2, 0.25) is 0 Å². The first-order valence-corrected chi connectivity index (χ1v) is 32.2. The lowest BCUT2D eigenvalue weighted by Gasteiger charge is -2.42. The molecule has 3 heterocycles. The molecule has 536 valence electrons. The van der Waals surface area contributed by atoms with Gasteiger partial charge in [0.15, 0.2) is 18.9 Å². The number of unbranched alkanes of at least 4 members (excludes halogenated alkanes) is 3. The molecule has 3 fully saturated rings. The molecule has 3 aliphatic rings. The molecule has 0 aromatic rings. The van der Waals surface area contributed by atoms with Crippen LogP contribution < -0.4 is 36.8 Å². The van der Waals surface area contributed by atoms with Crippen molar-refractivity contribution < 1.29 is 136 Å². The van der Waals surface area contributed by atoms with Crippen LogP contribution in [0.1, 0.15) is 73.6 Å². The average Bonchev–Trinajstić information content (AvgIpc) is 0.861. The molecule has 3 rings (SSSR count). The second-order valence-electron chi connectivity index (χ2n) is 23.0.